The summed E-state index contributed by atoms with van der Waals surface area (Å²) in [7, 11) is 5.25. The van der Waals surface area contributed by atoms with E-state index in [9.17, 15) is 37.4 Å². The SMILES string of the molecule is CN1CC(O)(c2cc(Oc3ccc(OC(F)F)c(-c4nn(C)cc4NC(=O)c4cnn5cccnc45)c3)cc(C3CC3)c2)C1.Cn1cc(NC(=O)c2cnn3cccnc23)c(-c2cc(Oc3cc(C4CC4)cc(C4(O)CCC4)c3)ccc2OC(F)F)n1. The number of anilines is 2. The number of likely N-dealkylation sites (N-methyl/N-ethyl adjacent to an activating group) is 1. The van der Waals surface area contributed by atoms with Gasteiger partial charge in [0.1, 0.15) is 62.6 Å². The van der Waals surface area contributed by atoms with Gasteiger partial charge < -0.3 is 39.8 Å². The lowest BCUT2D eigenvalue weighted by Gasteiger charge is -2.45. The van der Waals surface area contributed by atoms with Gasteiger partial charge >= 0.3 is 13.2 Å². The number of rotatable bonds is 18. The largest absolute Gasteiger partial charge is 0.457 e. The summed E-state index contributed by atoms with van der Waals surface area (Å²) in [4.78, 5) is 37.0. The number of aromatic nitrogens is 10. The van der Waals surface area contributed by atoms with Gasteiger partial charge in [-0.2, -0.15) is 38.0 Å². The molecular weight excluding hydrogens is 1130 g/mol. The molecular formula is C62H57F4N13O8. The van der Waals surface area contributed by atoms with E-state index >= 15 is 0 Å². The second kappa shape index (κ2) is 22.6. The molecule has 6 aromatic heterocycles. The van der Waals surface area contributed by atoms with Crippen LogP contribution >= 0.6 is 0 Å². The van der Waals surface area contributed by atoms with E-state index in [0.717, 1.165) is 54.4 Å². The topological polar surface area (TPSA) is 235 Å². The number of carbonyl (C=O) groups excluding carboxylic acids is 2. The molecule has 14 rings (SSSR count). The van der Waals surface area contributed by atoms with Crippen molar-refractivity contribution in [2.75, 3.05) is 30.8 Å². The molecule has 0 spiro atoms. The maximum Gasteiger partial charge on any atom is 0.387 e. The Bertz CT molecular complexity index is 4260. The number of aliphatic hydroxyl groups is 2. The molecule has 7 heterocycles. The van der Waals surface area contributed by atoms with Crippen molar-refractivity contribution in [2.24, 2.45) is 14.1 Å². The number of fused-ring (bicyclic) bond motifs is 2. The predicted molar refractivity (Wildman–Crippen MR) is 309 cm³/mol. The first-order chi connectivity index (χ1) is 41.9. The average Bonchev–Trinajstić information content (AvgIpc) is 1.59. The second-order valence-corrected chi connectivity index (χ2v) is 22.4. The summed E-state index contributed by atoms with van der Waals surface area (Å²) in [5.41, 5.74) is 4.50. The average molecular weight is 1190 g/mol. The molecule has 21 nitrogen and oxygen atoms in total. The predicted octanol–water partition coefficient (Wildman–Crippen LogP) is 10.8. The summed E-state index contributed by atoms with van der Waals surface area (Å²) in [6.07, 6.45) is 19.1. The molecule has 3 saturated carbocycles. The lowest BCUT2D eigenvalue weighted by molar-refractivity contribution is -0.0920. The number of likely N-dealkylation sites (tertiary alicyclic amines) is 1. The third-order valence-corrected chi connectivity index (χ3v) is 15.8. The molecule has 3 aliphatic carbocycles. The Kier molecular flexibility index (Phi) is 14.7. The molecule has 4 aliphatic rings. The van der Waals surface area contributed by atoms with Gasteiger partial charge in [0, 0.05) is 64.4 Å². The number of carbonyl (C=O) groups is 2. The maximum atomic E-state index is 13.5. The zero-order chi connectivity index (χ0) is 60.3. The number of aryl methyl sites for hydroxylation is 2. The Hall–Kier alpha value is -9.72. The summed E-state index contributed by atoms with van der Waals surface area (Å²) in [5, 5.41) is 45.1. The van der Waals surface area contributed by atoms with Crippen molar-refractivity contribution in [1.82, 2.24) is 53.7 Å². The Balaban J connectivity index is 0.000000161. The van der Waals surface area contributed by atoms with Crippen LogP contribution in [0.3, 0.4) is 0 Å². The van der Waals surface area contributed by atoms with Crippen molar-refractivity contribution in [3.05, 3.63) is 168 Å². The first-order valence-electron chi connectivity index (χ1n) is 28.2. The van der Waals surface area contributed by atoms with E-state index in [1.165, 1.54) is 55.1 Å². The molecule has 1 aliphatic heterocycles. The van der Waals surface area contributed by atoms with Gasteiger partial charge in [0.05, 0.1) is 40.5 Å². The first-order valence-corrected chi connectivity index (χ1v) is 28.2. The highest BCUT2D eigenvalue weighted by molar-refractivity contribution is 6.10. The lowest BCUT2D eigenvalue weighted by Crippen LogP contribution is -2.57. The second-order valence-electron chi connectivity index (χ2n) is 22.4. The zero-order valence-electron chi connectivity index (χ0n) is 47.2. The Morgan fingerprint density at radius 2 is 1.05 bits per heavy atom. The van der Waals surface area contributed by atoms with Crippen LogP contribution in [-0.4, -0.2) is 109 Å². The van der Waals surface area contributed by atoms with Gasteiger partial charge in [-0.15, -0.1) is 0 Å². The highest BCUT2D eigenvalue weighted by Gasteiger charge is 2.42. The highest BCUT2D eigenvalue weighted by Crippen LogP contribution is 2.49. The normalized spacial score (nSPS) is 16.0. The molecule has 1 saturated heterocycles. The van der Waals surface area contributed by atoms with E-state index in [1.54, 1.807) is 75.5 Å². The molecule has 0 atom stereocenters. The Morgan fingerprint density at radius 1 is 0.598 bits per heavy atom. The van der Waals surface area contributed by atoms with E-state index in [-0.39, 0.29) is 56.5 Å². The summed E-state index contributed by atoms with van der Waals surface area (Å²) in [6, 6.07) is 24.0. The molecule has 87 heavy (non-hydrogen) atoms. The summed E-state index contributed by atoms with van der Waals surface area (Å²) in [5.74, 6) is 1.35. The number of β-amino-alcohol motifs (C(OH)–C–C–N with tert-alkyl or cyclic N) is 1. The van der Waals surface area contributed by atoms with Crippen LogP contribution in [0.5, 0.6) is 34.5 Å². The molecule has 446 valence electrons. The number of halogens is 4. The van der Waals surface area contributed by atoms with E-state index in [0.29, 0.717) is 72.1 Å². The van der Waals surface area contributed by atoms with Crippen molar-refractivity contribution < 1.29 is 56.3 Å². The fraction of sp³-hybridized carbons (Fsp3) is 0.290. The molecule has 10 aromatic rings. The van der Waals surface area contributed by atoms with Crippen LogP contribution in [0.25, 0.3) is 33.8 Å². The maximum absolute atomic E-state index is 13.5. The third kappa shape index (κ3) is 11.9. The minimum absolute atomic E-state index is 0.134. The molecule has 0 bridgehead atoms. The molecule has 25 heteroatoms. The summed E-state index contributed by atoms with van der Waals surface area (Å²) >= 11 is 0. The van der Waals surface area contributed by atoms with Crippen molar-refractivity contribution in [2.45, 2.75) is 81.2 Å². The first kappa shape index (κ1) is 56.4. The van der Waals surface area contributed by atoms with Gasteiger partial charge in [0.15, 0.2) is 11.3 Å². The van der Waals surface area contributed by atoms with Gasteiger partial charge in [-0.1, -0.05) is 12.1 Å². The molecule has 2 amide bonds. The van der Waals surface area contributed by atoms with Crippen molar-refractivity contribution in [3.63, 3.8) is 0 Å². The van der Waals surface area contributed by atoms with Crippen LogP contribution in [0.1, 0.15) is 99.8 Å². The number of benzene rings is 4. The van der Waals surface area contributed by atoms with Crippen LogP contribution in [-0.2, 0) is 25.3 Å². The van der Waals surface area contributed by atoms with Crippen molar-refractivity contribution in [1.29, 1.82) is 0 Å². The number of amides is 2. The van der Waals surface area contributed by atoms with E-state index < -0.39 is 36.2 Å². The van der Waals surface area contributed by atoms with Crippen LogP contribution in [0.4, 0.5) is 28.9 Å². The smallest absolute Gasteiger partial charge is 0.387 e. The standard InChI is InChI=1S/C31H29F2N7O4.C31H28F2N6O4/c1-38-16-31(42,17-38)20-10-19(18-4-5-18)11-22(12-20)43-21-6-7-26(44-30(32)33)23(13-21)27-25(15-39(2)37-27)36-29(41)24-14-35-40-9-3-8-34-28(24)40;1-38-17-25(36-29(40)24-16-35-39-11-3-10-34-28(24)39)27(37-38)23-15-21(6-7-26(23)43-30(32)33)42-22-13-19(18-4-5-18)12-20(14-22)31(41)8-2-9-31/h3,6-15,18,30,42H,4-5,16-17H2,1-2H3,(H,36,41);3,6-7,10-18,30,41H,2,4-5,8-9H2,1H3,(H,36,40). The number of ether oxygens (including phenoxy) is 4. The molecule has 0 unspecified atom stereocenters. The molecule has 4 N–H and O–H groups in total. The van der Waals surface area contributed by atoms with E-state index in [1.807, 2.05) is 42.3 Å². The number of hydrogen-bond donors (Lipinski definition) is 4. The lowest BCUT2D eigenvalue weighted by atomic mass is 9.74. The fourth-order valence-corrected chi connectivity index (χ4v) is 11.1. The highest BCUT2D eigenvalue weighted by atomic mass is 19.3. The van der Waals surface area contributed by atoms with Crippen molar-refractivity contribution >= 4 is 34.5 Å². The number of nitrogens with one attached hydrogen (secondary N) is 2. The minimum Gasteiger partial charge on any atom is -0.457 e. The van der Waals surface area contributed by atoms with Crippen LogP contribution in [0.2, 0.25) is 0 Å². The van der Waals surface area contributed by atoms with Crippen LogP contribution in [0, 0.1) is 0 Å². The van der Waals surface area contributed by atoms with Gasteiger partial charge in [-0.05, 0) is 159 Å². The van der Waals surface area contributed by atoms with E-state index in [4.69, 9.17) is 18.9 Å². The van der Waals surface area contributed by atoms with Gasteiger partial charge in [0.25, 0.3) is 11.8 Å². The number of nitrogens with zero attached hydrogens (tertiary/aromatic N) is 11. The molecule has 4 aromatic carbocycles. The van der Waals surface area contributed by atoms with Crippen LogP contribution < -0.4 is 29.6 Å². The van der Waals surface area contributed by atoms with Gasteiger partial charge in [-0.25, -0.2) is 19.0 Å². The molecule has 0 radical (unpaired) electrons. The van der Waals surface area contributed by atoms with E-state index in [2.05, 4.69) is 47.1 Å². The Labute approximate surface area is 493 Å². The number of hydrogen-bond acceptors (Lipinski definition) is 15. The number of alkyl halides is 4. The summed E-state index contributed by atoms with van der Waals surface area (Å²) in [6.45, 7) is -5.14. The third-order valence-electron chi connectivity index (χ3n) is 15.8. The zero-order valence-corrected chi connectivity index (χ0v) is 47.2. The quantitative estimate of drug-likeness (QED) is 0.0585. The van der Waals surface area contributed by atoms with Gasteiger partial charge in [-0.3, -0.25) is 23.9 Å². The fourth-order valence-electron chi connectivity index (χ4n) is 11.1. The van der Waals surface area contributed by atoms with Gasteiger partial charge in [0.2, 0.25) is 0 Å². The monoisotopic (exact) mass is 1190 g/mol. The minimum atomic E-state index is -3.09. The van der Waals surface area contributed by atoms with Crippen LogP contribution in [0.15, 0.2) is 135 Å². The molecule has 4 fully saturated rings. The Morgan fingerprint density at radius 3 is 1.45 bits per heavy atom. The van der Waals surface area contributed by atoms with Crippen molar-refractivity contribution in [3.8, 4) is 57.0 Å². The summed E-state index contributed by atoms with van der Waals surface area (Å²) < 4.78 is 81.9.